The van der Waals surface area contributed by atoms with Crippen LogP contribution in [0.25, 0.3) is 10.4 Å². The SMILES string of the molecule is [N-]=[N+]=NCCOCCC(=O)CCCC[C@@H]1SC[C@@H]2NC(=O)N[C@@H]21. The lowest BCUT2D eigenvalue weighted by Crippen LogP contribution is -2.36. The van der Waals surface area contributed by atoms with E-state index in [0.717, 1.165) is 25.0 Å². The van der Waals surface area contributed by atoms with E-state index in [1.165, 1.54) is 0 Å². The molecule has 9 heteroatoms. The smallest absolute Gasteiger partial charge is 0.315 e. The fourth-order valence-electron chi connectivity index (χ4n) is 2.87. The summed E-state index contributed by atoms with van der Waals surface area (Å²) in [6, 6.07) is 0.454. The second-order valence-corrected chi connectivity index (χ2v) is 7.00. The number of ketones is 1. The van der Waals surface area contributed by atoms with E-state index in [2.05, 4.69) is 20.7 Å². The Hall–Kier alpha value is -1.44. The second kappa shape index (κ2) is 9.64. The number of rotatable bonds is 11. The molecule has 2 saturated heterocycles. The number of hydrogen-bond donors (Lipinski definition) is 2. The molecule has 0 bridgehead atoms. The Balaban J connectivity index is 1.48. The Labute approximate surface area is 139 Å². The zero-order valence-electron chi connectivity index (χ0n) is 13.1. The number of hydrogen-bond acceptors (Lipinski definition) is 5. The van der Waals surface area contributed by atoms with Gasteiger partial charge in [0.2, 0.25) is 0 Å². The number of thioether (sulfide) groups is 1. The summed E-state index contributed by atoms with van der Waals surface area (Å²) in [5.41, 5.74) is 8.10. The number of carbonyl (C=O) groups excluding carboxylic acids is 2. The van der Waals surface area contributed by atoms with Gasteiger partial charge in [0.15, 0.2) is 0 Å². The van der Waals surface area contributed by atoms with Crippen LogP contribution < -0.4 is 10.6 Å². The van der Waals surface area contributed by atoms with E-state index in [0.29, 0.717) is 37.9 Å². The summed E-state index contributed by atoms with van der Waals surface area (Å²) in [5, 5.41) is 9.72. The van der Waals surface area contributed by atoms with Crippen molar-refractivity contribution in [2.75, 3.05) is 25.5 Å². The van der Waals surface area contributed by atoms with Crippen LogP contribution in [0.5, 0.6) is 0 Å². The highest BCUT2D eigenvalue weighted by Gasteiger charge is 2.42. The van der Waals surface area contributed by atoms with E-state index in [1.54, 1.807) is 0 Å². The van der Waals surface area contributed by atoms with Gasteiger partial charge in [-0.15, -0.1) is 0 Å². The van der Waals surface area contributed by atoms with Crippen LogP contribution in [0.3, 0.4) is 0 Å². The Morgan fingerprint density at radius 1 is 1.35 bits per heavy atom. The Kier molecular flexibility index (Phi) is 7.51. The Morgan fingerprint density at radius 3 is 3.04 bits per heavy atom. The first-order chi connectivity index (χ1) is 11.2. The first-order valence-corrected chi connectivity index (χ1v) is 9.04. The van der Waals surface area contributed by atoms with Crippen molar-refractivity contribution in [1.29, 1.82) is 0 Å². The van der Waals surface area contributed by atoms with Crippen molar-refractivity contribution in [3.8, 4) is 0 Å². The molecule has 3 atom stereocenters. The van der Waals surface area contributed by atoms with Crippen LogP contribution in [-0.2, 0) is 9.53 Å². The van der Waals surface area contributed by atoms with E-state index >= 15 is 0 Å². The van der Waals surface area contributed by atoms with E-state index in [9.17, 15) is 9.59 Å². The van der Waals surface area contributed by atoms with Crippen LogP contribution >= 0.6 is 11.8 Å². The number of azide groups is 1. The van der Waals surface area contributed by atoms with Gasteiger partial charge in [0.25, 0.3) is 0 Å². The number of Topliss-reactive ketones (excluding diaryl/α,β-unsaturated/α-hetero) is 1. The molecule has 0 radical (unpaired) electrons. The van der Waals surface area contributed by atoms with Gasteiger partial charge in [-0.1, -0.05) is 11.5 Å². The highest BCUT2D eigenvalue weighted by atomic mass is 32.2. The van der Waals surface area contributed by atoms with E-state index in [-0.39, 0.29) is 23.9 Å². The van der Waals surface area contributed by atoms with Crippen molar-refractivity contribution in [2.45, 2.75) is 49.4 Å². The minimum Gasteiger partial charge on any atom is -0.381 e. The zero-order chi connectivity index (χ0) is 16.5. The lowest BCUT2D eigenvalue weighted by molar-refractivity contribution is -0.120. The molecule has 2 heterocycles. The summed E-state index contributed by atoms with van der Waals surface area (Å²) >= 11 is 1.90. The molecule has 0 aromatic heterocycles. The molecule has 2 N–H and O–H groups in total. The van der Waals surface area contributed by atoms with Gasteiger partial charge in [-0.05, 0) is 18.4 Å². The molecule has 0 aromatic carbocycles. The minimum absolute atomic E-state index is 0.0547. The molecule has 0 aromatic rings. The first kappa shape index (κ1) is 17.9. The number of nitrogens with zero attached hydrogens (tertiary/aromatic N) is 3. The Bertz CT molecular complexity index is 469. The summed E-state index contributed by atoms with van der Waals surface area (Å²) in [7, 11) is 0. The molecule has 0 aliphatic carbocycles. The monoisotopic (exact) mass is 341 g/mol. The van der Waals surface area contributed by atoms with E-state index in [1.807, 2.05) is 11.8 Å². The first-order valence-electron chi connectivity index (χ1n) is 7.99. The second-order valence-electron chi connectivity index (χ2n) is 5.72. The van der Waals surface area contributed by atoms with Gasteiger partial charge in [0.05, 0.1) is 25.3 Å². The number of nitrogens with one attached hydrogen (secondary N) is 2. The zero-order valence-corrected chi connectivity index (χ0v) is 13.9. The van der Waals surface area contributed by atoms with Crippen molar-refractivity contribution in [3.63, 3.8) is 0 Å². The van der Waals surface area contributed by atoms with Crippen molar-refractivity contribution in [1.82, 2.24) is 10.6 Å². The van der Waals surface area contributed by atoms with Crippen LogP contribution in [0.1, 0.15) is 32.1 Å². The predicted molar refractivity (Wildman–Crippen MR) is 88.4 cm³/mol. The average Bonchev–Trinajstić information content (AvgIpc) is 3.07. The summed E-state index contributed by atoms with van der Waals surface area (Å²) in [5.74, 6) is 1.18. The maximum Gasteiger partial charge on any atom is 0.315 e. The standard InChI is InChI=1S/C14H23N5O3S/c15-19-16-6-8-22-7-5-10(20)3-1-2-4-12-13-11(9-23-12)17-14(21)18-13/h11-13H,1-9H2,(H2,17,18,21)/t11-,12-,13-/m0/s1. The fraction of sp³-hybridized carbons (Fsp3) is 0.857. The van der Waals surface area contributed by atoms with Gasteiger partial charge in [0.1, 0.15) is 5.78 Å². The van der Waals surface area contributed by atoms with Crippen molar-refractivity contribution >= 4 is 23.6 Å². The summed E-state index contributed by atoms with van der Waals surface area (Å²) < 4.78 is 5.22. The summed E-state index contributed by atoms with van der Waals surface area (Å²) in [6.07, 6.45) is 3.91. The maximum absolute atomic E-state index is 11.7. The third-order valence-electron chi connectivity index (χ3n) is 4.06. The summed E-state index contributed by atoms with van der Waals surface area (Å²) in [4.78, 5) is 25.6. The van der Waals surface area contributed by atoms with Crippen LogP contribution in [0.15, 0.2) is 5.11 Å². The Morgan fingerprint density at radius 2 is 2.22 bits per heavy atom. The molecule has 0 saturated carbocycles. The number of carbonyl (C=O) groups is 2. The van der Waals surface area contributed by atoms with Crippen LogP contribution in [0.2, 0.25) is 0 Å². The molecule has 0 unspecified atom stereocenters. The molecule has 128 valence electrons. The molecule has 23 heavy (non-hydrogen) atoms. The lowest BCUT2D eigenvalue weighted by Gasteiger charge is -2.16. The van der Waals surface area contributed by atoms with Gasteiger partial charge in [-0.25, -0.2) is 4.79 Å². The molecular formula is C14H23N5O3S. The quantitative estimate of drug-likeness (QED) is 0.196. The predicted octanol–water partition coefficient (Wildman–Crippen LogP) is 2.00. The number of ether oxygens (including phenoxy) is 1. The third-order valence-corrected chi connectivity index (χ3v) is 5.57. The highest BCUT2D eigenvalue weighted by Crippen LogP contribution is 2.33. The normalized spacial score (nSPS) is 25.4. The van der Waals surface area contributed by atoms with E-state index < -0.39 is 0 Å². The van der Waals surface area contributed by atoms with Gasteiger partial charge >= 0.3 is 6.03 Å². The molecule has 2 rings (SSSR count). The topological polar surface area (TPSA) is 116 Å². The van der Waals surface area contributed by atoms with Crippen LogP contribution in [0.4, 0.5) is 4.79 Å². The van der Waals surface area contributed by atoms with Crippen molar-refractivity contribution < 1.29 is 14.3 Å². The van der Waals surface area contributed by atoms with Gasteiger partial charge < -0.3 is 15.4 Å². The number of fused-ring (bicyclic) bond motifs is 1. The molecule has 2 aliphatic heterocycles. The number of amides is 2. The molecule has 2 amide bonds. The van der Waals surface area contributed by atoms with Gasteiger partial charge in [0, 0.05) is 35.3 Å². The largest absolute Gasteiger partial charge is 0.381 e. The summed E-state index contributed by atoms with van der Waals surface area (Å²) in [6.45, 7) is 1.05. The van der Waals surface area contributed by atoms with Crippen molar-refractivity contribution in [3.05, 3.63) is 10.4 Å². The molecule has 2 fully saturated rings. The third kappa shape index (κ3) is 5.93. The molecular weight excluding hydrogens is 318 g/mol. The number of urea groups is 1. The van der Waals surface area contributed by atoms with Crippen LogP contribution in [0, 0.1) is 0 Å². The van der Waals surface area contributed by atoms with Gasteiger partial charge in [-0.3, -0.25) is 4.79 Å². The molecule has 8 nitrogen and oxygen atoms in total. The highest BCUT2D eigenvalue weighted by molar-refractivity contribution is 8.00. The van der Waals surface area contributed by atoms with E-state index in [4.69, 9.17) is 10.3 Å². The number of unbranched alkanes of at least 4 members (excludes halogenated alkanes) is 1. The minimum atomic E-state index is -0.0547. The average molecular weight is 341 g/mol. The molecule has 2 aliphatic rings. The van der Waals surface area contributed by atoms with Crippen molar-refractivity contribution in [2.24, 2.45) is 5.11 Å². The fourth-order valence-corrected chi connectivity index (χ4v) is 4.42. The van der Waals surface area contributed by atoms with Gasteiger partial charge in [-0.2, -0.15) is 11.8 Å². The maximum atomic E-state index is 11.7. The van der Waals surface area contributed by atoms with Crippen LogP contribution in [-0.4, -0.2) is 54.7 Å². The molecule has 0 spiro atoms. The lowest BCUT2D eigenvalue weighted by atomic mass is 10.0.